The van der Waals surface area contributed by atoms with Gasteiger partial charge >= 0.3 is 17.1 Å². The first-order valence-corrected chi connectivity index (χ1v) is 11.4. The molecule has 0 aromatic rings. The molecule has 0 fully saturated rings. The summed E-state index contributed by atoms with van der Waals surface area (Å²) in [5.41, 5.74) is 0. The standard InChI is InChI=1S/C10H26O5Si2/c1-11-7-9-13-16(3,4)15-17(5,6)14-10-8-12-2/h7-10H2,1-6H3. The lowest BCUT2D eigenvalue weighted by atomic mass is 10.8. The van der Waals surface area contributed by atoms with E-state index in [4.69, 9.17) is 22.4 Å². The molecule has 0 unspecified atom stereocenters. The molecule has 0 radical (unpaired) electrons. The summed E-state index contributed by atoms with van der Waals surface area (Å²) >= 11 is 0. The maximum absolute atomic E-state index is 6.04. The van der Waals surface area contributed by atoms with Crippen LogP contribution in [0.15, 0.2) is 0 Å². The minimum absolute atomic E-state index is 0.568. The van der Waals surface area contributed by atoms with Crippen LogP contribution in [-0.4, -0.2) is 57.8 Å². The van der Waals surface area contributed by atoms with Gasteiger partial charge in [0.1, 0.15) is 0 Å². The fourth-order valence-corrected chi connectivity index (χ4v) is 7.75. The largest absolute Gasteiger partial charge is 0.415 e. The molecule has 0 amide bonds. The van der Waals surface area contributed by atoms with Crippen LogP contribution in [0.4, 0.5) is 0 Å². The maximum atomic E-state index is 6.04. The number of hydrogen-bond donors (Lipinski definition) is 0. The fourth-order valence-electron chi connectivity index (χ4n) is 1.39. The first-order valence-electron chi connectivity index (χ1n) is 5.79. The Morgan fingerprint density at radius 1 is 0.647 bits per heavy atom. The van der Waals surface area contributed by atoms with Gasteiger partial charge in [-0.1, -0.05) is 0 Å². The van der Waals surface area contributed by atoms with Gasteiger partial charge in [0.05, 0.1) is 26.4 Å². The van der Waals surface area contributed by atoms with E-state index in [0.717, 1.165) is 0 Å². The van der Waals surface area contributed by atoms with Crippen molar-refractivity contribution < 1.29 is 22.4 Å². The van der Waals surface area contributed by atoms with E-state index in [0.29, 0.717) is 26.4 Å². The lowest BCUT2D eigenvalue weighted by Gasteiger charge is -2.32. The molecular formula is C10H26O5Si2. The van der Waals surface area contributed by atoms with E-state index in [-0.39, 0.29) is 0 Å². The van der Waals surface area contributed by atoms with Gasteiger partial charge in [0, 0.05) is 14.2 Å². The third-order valence-electron chi connectivity index (χ3n) is 1.97. The van der Waals surface area contributed by atoms with Gasteiger partial charge in [0.25, 0.3) is 0 Å². The first-order chi connectivity index (χ1) is 7.83. The summed E-state index contributed by atoms with van der Waals surface area (Å²) in [6, 6.07) is 0. The van der Waals surface area contributed by atoms with Gasteiger partial charge in [0.15, 0.2) is 0 Å². The zero-order chi connectivity index (χ0) is 13.4. The predicted octanol–water partition coefficient (Wildman–Crippen LogP) is 1.73. The summed E-state index contributed by atoms with van der Waals surface area (Å²) < 4.78 is 27.4. The summed E-state index contributed by atoms with van der Waals surface area (Å²) in [6.07, 6.45) is 0. The molecule has 17 heavy (non-hydrogen) atoms. The highest BCUT2D eigenvalue weighted by atomic mass is 28.5. The van der Waals surface area contributed by atoms with Gasteiger partial charge < -0.3 is 22.4 Å². The Hall–Kier alpha value is 0.234. The lowest BCUT2D eigenvalue weighted by Crippen LogP contribution is -2.49. The molecule has 0 N–H and O–H groups in total. The minimum atomic E-state index is -2.12. The summed E-state index contributed by atoms with van der Waals surface area (Å²) in [6.45, 7) is 10.4. The van der Waals surface area contributed by atoms with E-state index in [1.54, 1.807) is 14.2 Å². The van der Waals surface area contributed by atoms with Gasteiger partial charge in [-0.05, 0) is 26.2 Å². The summed E-state index contributed by atoms with van der Waals surface area (Å²) in [5, 5.41) is 0. The van der Waals surface area contributed by atoms with Gasteiger partial charge in [-0.2, -0.15) is 0 Å². The van der Waals surface area contributed by atoms with Gasteiger partial charge in [-0.3, -0.25) is 0 Å². The van der Waals surface area contributed by atoms with Crippen LogP contribution in [0.5, 0.6) is 0 Å². The Labute approximate surface area is 107 Å². The van der Waals surface area contributed by atoms with Crippen molar-refractivity contribution in [2.24, 2.45) is 0 Å². The molecule has 104 valence electrons. The molecule has 0 aromatic heterocycles. The number of ether oxygens (including phenoxy) is 2. The van der Waals surface area contributed by atoms with Crippen LogP contribution < -0.4 is 0 Å². The topological polar surface area (TPSA) is 46.2 Å². The predicted molar refractivity (Wildman–Crippen MR) is 71.7 cm³/mol. The molecule has 0 spiro atoms. The van der Waals surface area contributed by atoms with E-state index in [1.807, 2.05) is 26.2 Å². The second-order valence-electron chi connectivity index (χ2n) is 4.58. The van der Waals surface area contributed by atoms with E-state index in [2.05, 4.69) is 0 Å². The van der Waals surface area contributed by atoms with Crippen molar-refractivity contribution in [1.29, 1.82) is 0 Å². The quantitative estimate of drug-likeness (QED) is 0.451. The molecular weight excluding hydrogens is 256 g/mol. The third kappa shape index (κ3) is 9.89. The van der Waals surface area contributed by atoms with Gasteiger partial charge in [-0.25, -0.2) is 0 Å². The third-order valence-corrected chi connectivity index (χ3v) is 7.70. The van der Waals surface area contributed by atoms with Crippen LogP contribution in [0.3, 0.4) is 0 Å². The van der Waals surface area contributed by atoms with Crippen LogP contribution in [0.2, 0.25) is 26.2 Å². The van der Waals surface area contributed by atoms with E-state index in [9.17, 15) is 0 Å². The summed E-state index contributed by atoms with van der Waals surface area (Å²) in [7, 11) is -0.924. The molecule has 0 atom stereocenters. The van der Waals surface area contributed by atoms with Crippen LogP contribution in [0.1, 0.15) is 0 Å². The van der Waals surface area contributed by atoms with Crippen LogP contribution in [-0.2, 0) is 22.4 Å². The molecule has 0 aliphatic heterocycles. The minimum Gasteiger partial charge on any atom is -0.415 e. The van der Waals surface area contributed by atoms with Gasteiger partial charge in [0.2, 0.25) is 0 Å². The van der Waals surface area contributed by atoms with Crippen LogP contribution >= 0.6 is 0 Å². The van der Waals surface area contributed by atoms with Crippen molar-refractivity contribution in [1.82, 2.24) is 0 Å². The van der Waals surface area contributed by atoms with Crippen molar-refractivity contribution in [3.8, 4) is 0 Å². The SMILES string of the molecule is COCCO[Si](C)(C)O[Si](C)(C)OCCOC. The van der Waals surface area contributed by atoms with E-state index < -0.39 is 17.1 Å². The van der Waals surface area contributed by atoms with E-state index >= 15 is 0 Å². The number of methoxy groups -OCH3 is 2. The molecule has 0 aliphatic rings. The van der Waals surface area contributed by atoms with Crippen molar-refractivity contribution in [2.45, 2.75) is 26.2 Å². The Balaban J connectivity index is 3.99. The highest BCUT2D eigenvalue weighted by Gasteiger charge is 2.36. The number of hydrogen-bond acceptors (Lipinski definition) is 5. The zero-order valence-electron chi connectivity index (χ0n) is 11.9. The molecule has 0 rings (SSSR count). The van der Waals surface area contributed by atoms with Gasteiger partial charge in [-0.15, -0.1) is 0 Å². The van der Waals surface area contributed by atoms with Crippen molar-refractivity contribution in [3.63, 3.8) is 0 Å². The van der Waals surface area contributed by atoms with Crippen molar-refractivity contribution >= 4 is 17.1 Å². The monoisotopic (exact) mass is 282 g/mol. The summed E-state index contributed by atoms with van der Waals surface area (Å²) in [5.74, 6) is 0. The Kier molecular flexibility index (Phi) is 8.47. The smallest absolute Gasteiger partial charge is 0.323 e. The molecule has 5 nitrogen and oxygen atoms in total. The molecule has 0 aliphatic carbocycles. The average molecular weight is 282 g/mol. The maximum Gasteiger partial charge on any atom is 0.323 e. The molecule has 0 bridgehead atoms. The molecule has 7 heteroatoms. The zero-order valence-corrected chi connectivity index (χ0v) is 13.9. The molecule has 0 saturated carbocycles. The molecule has 0 aromatic carbocycles. The lowest BCUT2D eigenvalue weighted by molar-refractivity contribution is 0.110. The number of rotatable bonds is 10. The fraction of sp³-hybridized carbons (Fsp3) is 1.00. The highest BCUT2D eigenvalue weighted by molar-refractivity contribution is 6.78. The van der Waals surface area contributed by atoms with Crippen LogP contribution in [0, 0.1) is 0 Å². The Morgan fingerprint density at radius 3 is 1.29 bits per heavy atom. The molecule has 0 saturated heterocycles. The molecule has 0 heterocycles. The highest BCUT2D eigenvalue weighted by Crippen LogP contribution is 2.16. The average Bonchev–Trinajstić information content (AvgIpc) is 2.16. The Morgan fingerprint density at radius 2 is 1.00 bits per heavy atom. The first kappa shape index (κ1) is 17.2. The van der Waals surface area contributed by atoms with Crippen LogP contribution in [0.25, 0.3) is 0 Å². The normalized spacial score (nSPS) is 13.1. The second-order valence-corrected chi connectivity index (χ2v) is 11.6. The Bertz CT molecular complexity index is 179. The van der Waals surface area contributed by atoms with Crippen molar-refractivity contribution in [3.05, 3.63) is 0 Å². The van der Waals surface area contributed by atoms with E-state index in [1.165, 1.54) is 0 Å². The second kappa shape index (κ2) is 8.36. The van der Waals surface area contributed by atoms with Crippen molar-refractivity contribution in [2.75, 3.05) is 40.6 Å². The summed E-state index contributed by atoms with van der Waals surface area (Å²) in [4.78, 5) is 0.